The van der Waals surface area contributed by atoms with Crippen LogP contribution in [0.3, 0.4) is 0 Å². The zero-order chi connectivity index (χ0) is 13.1. The highest BCUT2D eigenvalue weighted by Crippen LogP contribution is 2.34. The van der Waals surface area contributed by atoms with Gasteiger partial charge in [0.05, 0.1) is 6.04 Å². The Bertz CT molecular complexity index is 374. The average Bonchev–Trinajstić information content (AvgIpc) is 2.84. The van der Waals surface area contributed by atoms with E-state index in [1.807, 2.05) is 11.3 Å². The van der Waals surface area contributed by atoms with E-state index in [-0.39, 0.29) is 0 Å². The van der Waals surface area contributed by atoms with Gasteiger partial charge < -0.3 is 5.73 Å². The lowest BCUT2D eigenvalue weighted by Crippen LogP contribution is -2.46. The molecule has 2 heterocycles. The normalized spacial score (nSPS) is 27.3. The van der Waals surface area contributed by atoms with Gasteiger partial charge in [0.2, 0.25) is 0 Å². The molecular formula is C15H26N2S. The number of nitrogens with zero attached hydrogens (tertiary/aromatic N) is 1. The molecule has 1 aliphatic rings. The van der Waals surface area contributed by atoms with Crippen molar-refractivity contribution in [3.05, 3.63) is 21.9 Å². The van der Waals surface area contributed by atoms with Crippen molar-refractivity contribution in [2.45, 2.75) is 52.1 Å². The molecule has 102 valence electrons. The standard InChI is InChI=1S/C15H26N2S/c1-4-13-7-8-15(18-13)14(10-16)17-9-5-6-11(2)12(17)3/h7-8,11-12,14H,4-6,9-10,16H2,1-3H3. The monoisotopic (exact) mass is 266 g/mol. The minimum Gasteiger partial charge on any atom is -0.329 e. The maximum Gasteiger partial charge on any atom is 0.0566 e. The summed E-state index contributed by atoms with van der Waals surface area (Å²) in [5.74, 6) is 0.790. The van der Waals surface area contributed by atoms with Crippen molar-refractivity contribution in [3.8, 4) is 0 Å². The summed E-state index contributed by atoms with van der Waals surface area (Å²) in [6, 6.07) is 5.63. The van der Waals surface area contributed by atoms with Crippen LogP contribution < -0.4 is 5.73 Å². The van der Waals surface area contributed by atoms with Gasteiger partial charge in [0, 0.05) is 22.3 Å². The van der Waals surface area contributed by atoms with Gasteiger partial charge in [-0.15, -0.1) is 11.3 Å². The van der Waals surface area contributed by atoms with Crippen molar-refractivity contribution in [2.24, 2.45) is 11.7 Å². The van der Waals surface area contributed by atoms with E-state index >= 15 is 0 Å². The molecule has 3 unspecified atom stereocenters. The third-order valence-electron chi connectivity index (χ3n) is 4.41. The van der Waals surface area contributed by atoms with E-state index in [1.54, 1.807) is 0 Å². The molecule has 0 amide bonds. The molecule has 2 rings (SSSR count). The third kappa shape index (κ3) is 2.79. The molecule has 18 heavy (non-hydrogen) atoms. The molecule has 0 radical (unpaired) electrons. The lowest BCUT2D eigenvalue weighted by Gasteiger charge is -2.42. The van der Waals surface area contributed by atoms with Gasteiger partial charge in [-0.1, -0.05) is 13.8 Å². The Morgan fingerprint density at radius 2 is 2.22 bits per heavy atom. The van der Waals surface area contributed by atoms with Crippen molar-refractivity contribution in [1.82, 2.24) is 4.90 Å². The molecule has 2 N–H and O–H groups in total. The summed E-state index contributed by atoms with van der Waals surface area (Å²) in [5.41, 5.74) is 6.06. The van der Waals surface area contributed by atoms with Crippen molar-refractivity contribution < 1.29 is 0 Å². The molecule has 0 aliphatic carbocycles. The van der Waals surface area contributed by atoms with E-state index < -0.39 is 0 Å². The fourth-order valence-corrected chi connectivity index (χ4v) is 4.07. The molecule has 3 atom stereocenters. The number of thiophene rings is 1. The quantitative estimate of drug-likeness (QED) is 0.904. The van der Waals surface area contributed by atoms with E-state index in [9.17, 15) is 0 Å². The maximum atomic E-state index is 6.06. The largest absolute Gasteiger partial charge is 0.329 e. The highest BCUT2D eigenvalue weighted by molar-refractivity contribution is 7.12. The molecule has 1 aliphatic heterocycles. The van der Waals surface area contributed by atoms with Crippen LogP contribution in [0.4, 0.5) is 0 Å². The molecule has 0 saturated carbocycles. The lowest BCUT2D eigenvalue weighted by atomic mass is 9.90. The molecule has 2 nitrogen and oxygen atoms in total. The summed E-state index contributed by atoms with van der Waals surface area (Å²) < 4.78 is 0. The SMILES string of the molecule is CCc1ccc(C(CN)N2CCCC(C)C2C)s1. The third-order valence-corrected chi connectivity index (χ3v) is 5.74. The van der Waals surface area contributed by atoms with Gasteiger partial charge in [-0.2, -0.15) is 0 Å². The van der Waals surface area contributed by atoms with Gasteiger partial charge in [0.1, 0.15) is 0 Å². The second-order valence-electron chi connectivity index (χ2n) is 5.51. The van der Waals surface area contributed by atoms with E-state index in [4.69, 9.17) is 5.73 Å². The number of hydrogen-bond donors (Lipinski definition) is 1. The first kappa shape index (κ1) is 14.0. The predicted molar refractivity (Wildman–Crippen MR) is 80.1 cm³/mol. The molecule has 1 fully saturated rings. The van der Waals surface area contributed by atoms with E-state index in [1.165, 1.54) is 29.1 Å². The smallest absolute Gasteiger partial charge is 0.0566 e. The fourth-order valence-electron chi connectivity index (χ4n) is 2.99. The number of rotatable bonds is 4. The van der Waals surface area contributed by atoms with Crippen LogP contribution in [0, 0.1) is 5.92 Å². The number of hydrogen-bond acceptors (Lipinski definition) is 3. The molecule has 1 saturated heterocycles. The van der Waals surface area contributed by atoms with Gasteiger partial charge >= 0.3 is 0 Å². The van der Waals surface area contributed by atoms with E-state index in [0.29, 0.717) is 12.1 Å². The first-order valence-electron chi connectivity index (χ1n) is 7.21. The molecular weight excluding hydrogens is 240 g/mol. The predicted octanol–water partition coefficient (Wildman–Crippen LogP) is 3.43. The summed E-state index contributed by atoms with van der Waals surface area (Å²) in [5, 5.41) is 0. The van der Waals surface area contributed by atoms with Gasteiger partial charge in [-0.3, -0.25) is 4.90 Å². The molecule has 1 aromatic heterocycles. The Morgan fingerprint density at radius 1 is 1.44 bits per heavy atom. The summed E-state index contributed by atoms with van der Waals surface area (Å²) in [7, 11) is 0. The molecule has 0 aromatic carbocycles. The second-order valence-corrected chi connectivity index (χ2v) is 6.71. The van der Waals surface area contributed by atoms with Crippen molar-refractivity contribution >= 4 is 11.3 Å². The Balaban J connectivity index is 2.16. The van der Waals surface area contributed by atoms with Crippen molar-refractivity contribution in [3.63, 3.8) is 0 Å². The minimum absolute atomic E-state index is 0.424. The van der Waals surface area contributed by atoms with Gasteiger partial charge in [-0.25, -0.2) is 0 Å². The average molecular weight is 266 g/mol. The van der Waals surface area contributed by atoms with Crippen LogP contribution in [0.15, 0.2) is 12.1 Å². The molecule has 3 heteroatoms. The zero-order valence-corrected chi connectivity index (χ0v) is 12.7. The molecule has 0 bridgehead atoms. The van der Waals surface area contributed by atoms with Crippen molar-refractivity contribution in [2.75, 3.05) is 13.1 Å². The Labute approximate surface area is 115 Å². The van der Waals surface area contributed by atoms with Crippen LogP contribution in [0.2, 0.25) is 0 Å². The Kier molecular flexibility index (Phi) is 4.82. The fraction of sp³-hybridized carbons (Fsp3) is 0.733. The summed E-state index contributed by atoms with van der Waals surface area (Å²) in [4.78, 5) is 5.55. The number of likely N-dealkylation sites (tertiary alicyclic amines) is 1. The topological polar surface area (TPSA) is 29.3 Å². The first-order valence-corrected chi connectivity index (χ1v) is 8.03. The summed E-state index contributed by atoms with van der Waals surface area (Å²) >= 11 is 1.94. The number of aryl methyl sites for hydroxylation is 1. The van der Waals surface area contributed by atoms with Gasteiger partial charge in [0.15, 0.2) is 0 Å². The summed E-state index contributed by atoms with van der Waals surface area (Å²) in [6.45, 7) is 8.89. The van der Waals surface area contributed by atoms with Gasteiger partial charge in [0.25, 0.3) is 0 Å². The lowest BCUT2D eigenvalue weighted by molar-refractivity contribution is 0.0724. The van der Waals surface area contributed by atoms with Crippen LogP contribution in [0.25, 0.3) is 0 Å². The van der Waals surface area contributed by atoms with Crippen LogP contribution in [-0.4, -0.2) is 24.0 Å². The van der Waals surface area contributed by atoms with E-state index in [0.717, 1.165) is 18.9 Å². The Morgan fingerprint density at radius 3 is 2.83 bits per heavy atom. The highest BCUT2D eigenvalue weighted by atomic mass is 32.1. The van der Waals surface area contributed by atoms with Crippen LogP contribution in [0.1, 0.15) is 49.4 Å². The van der Waals surface area contributed by atoms with Crippen LogP contribution in [-0.2, 0) is 6.42 Å². The highest BCUT2D eigenvalue weighted by Gasteiger charge is 2.30. The maximum absolute atomic E-state index is 6.06. The Hall–Kier alpha value is -0.380. The summed E-state index contributed by atoms with van der Waals surface area (Å²) in [6.07, 6.45) is 3.81. The molecule has 1 aromatic rings. The van der Waals surface area contributed by atoms with Crippen LogP contribution in [0.5, 0.6) is 0 Å². The zero-order valence-electron chi connectivity index (χ0n) is 11.9. The number of piperidine rings is 1. The van der Waals surface area contributed by atoms with Gasteiger partial charge in [-0.05, 0) is 50.8 Å². The number of nitrogens with two attached hydrogens (primary N) is 1. The minimum atomic E-state index is 0.424. The van der Waals surface area contributed by atoms with Crippen LogP contribution >= 0.6 is 11.3 Å². The first-order chi connectivity index (χ1) is 8.67. The van der Waals surface area contributed by atoms with E-state index in [2.05, 4.69) is 37.8 Å². The molecule has 0 spiro atoms. The van der Waals surface area contributed by atoms with Crippen molar-refractivity contribution in [1.29, 1.82) is 0 Å². The second kappa shape index (κ2) is 6.18.